The Kier molecular flexibility index (Phi) is 1.56. The average Bonchev–Trinajstić information content (AvgIpc) is 2.75. The molecule has 0 saturated heterocycles. The van der Waals surface area contributed by atoms with Crippen LogP contribution in [0.1, 0.15) is 18.4 Å². The Hall–Kier alpha value is -0.730. The quantitative estimate of drug-likeness (QED) is 0.700. The predicted octanol–water partition coefficient (Wildman–Crippen LogP) is 1.99. The van der Waals surface area contributed by atoms with E-state index >= 15 is 0 Å². The Bertz CT molecular complexity index is 320. The minimum absolute atomic E-state index is 0.117. The van der Waals surface area contributed by atoms with Crippen molar-refractivity contribution in [3.05, 3.63) is 28.8 Å². The van der Waals surface area contributed by atoms with E-state index in [4.69, 9.17) is 17.3 Å². The zero-order valence-electron chi connectivity index (χ0n) is 6.55. The van der Waals surface area contributed by atoms with Crippen molar-refractivity contribution in [2.24, 2.45) is 5.73 Å². The molecule has 0 spiro atoms. The molecule has 0 unspecified atom stereocenters. The molecule has 0 bridgehead atoms. The van der Waals surface area contributed by atoms with Crippen LogP contribution in [0.5, 0.6) is 5.75 Å². The lowest BCUT2D eigenvalue weighted by Gasteiger charge is -2.11. The van der Waals surface area contributed by atoms with Crippen molar-refractivity contribution in [3.8, 4) is 5.75 Å². The van der Waals surface area contributed by atoms with Gasteiger partial charge >= 0.3 is 0 Å². The lowest BCUT2D eigenvalue weighted by atomic mass is 10.1. The normalized spacial score (nSPS) is 19.2. The second kappa shape index (κ2) is 2.38. The van der Waals surface area contributed by atoms with E-state index in [1.807, 2.05) is 6.07 Å². The molecule has 3 heteroatoms. The Labute approximate surface area is 76.0 Å². The summed E-state index contributed by atoms with van der Waals surface area (Å²) in [6, 6.07) is 5.20. The van der Waals surface area contributed by atoms with E-state index in [0.717, 1.165) is 18.4 Å². The number of hydrogen-bond acceptors (Lipinski definition) is 2. The molecule has 1 saturated carbocycles. The third kappa shape index (κ3) is 1.08. The van der Waals surface area contributed by atoms with E-state index in [-0.39, 0.29) is 11.3 Å². The van der Waals surface area contributed by atoms with Crippen LogP contribution in [0.15, 0.2) is 18.2 Å². The van der Waals surface area contributed by atoms with E-state index in [9.17, 15) is 5.11 Å². The predicted molar refractivity (Wildman–Crippen MR) is 48.2 cm³/mol. The average molecular weight is 184 g/mol. The number of halogens is 1. The van der Waals surface area contributed by atoms with Crippen molar-refractivity contribution in [1.29, 1.82) is 0 Å². The molecule has 0 aliphatic heterocycles. The number of hydrogen-bond donors (Lipinski definition) is 2. The number of benzene rings is 1. The largest absolute Gasteiger partial charge is 0.506 e. The van der Waals surface area contributed by atoms with Gasteiger partial charge in [0.15, 0.2) is 0 Å². The fraction of sp³-hybridized carbons (Fsp3) is 0.333. The van der Waals surface area contributed by atoms with Gasteiger partial charge in [-0.15, -0.1) is 0 Å². The first-order valence-corrected chi connectivity index (χ1v) is 4.28. The van der Waals surface area contributed by atoms with Gasteiger partial charge in [0.1, 0.15) is 5.75 Å². The summed E-state index contributed by atoms with van der Waals surface area (Å²) in [6.45, 7) is 0. The monoisotopic (exact) mass is 183 g/mol. The van der Waals surface area contributed by atoms with Crippen LogP contribution in [-0.4, -0.2) is 5.11 Å². The van der Waals surface area contributed by atoms with Gasteiger partial charge in [-0.1, -0.05) is 23.7 Å². The molecule has 1 fully saturated rings. The third-order valence-corrected chi connectivity index (χ3v) is 2.70. The summed E-state index contributed by atoms with van der Waals surface area (Å²) < 4.78 is 0. The van der Waals surface area contributed by atoms with Crippen molar-refractivity contribution in [2.75, 3.05) is 0 Å². The fourth-order valence-corrected chi connectivity index (χ4v) is 1.62. The molecule has 0 radical (unpaired) electrons. The highest BCUT2D eigenvalue weighted by atomic mass is 35.5. The van der Waals surface area contributed by atoms with Gasteiger partial charge in [0.2, 0.25) is 0 Å². The van der Waals surface area contributed by atoms with Gasteiger partial charge in [0.25, 0.3) is 0 Å². The van der Waals surface area contributed by atoms with Gasteiger partial charge in [0, 0.05) is 5.54 Å². The molecular weight excluding hydrogens is 174 g/mol. The van der Waals surface area contributed by atoms with Gasteiger partial charge < -0.3 is 10.8 Å². The van der Waals surface area contributed by atoms with E-state index in [0.29, 0.717) is 5.02 Å². The molecule has 1 aliphatic rings. The van der Waals surface area contributed by atoms with Crippen molar-refractivity contribution < 1.29 is 5.11 Å². The van der Waals surface area contributed by atoms with E-state index in [2.05, 4.69) is 0 Å². The summed E-state index contributed by atoms with van der Waals surface area (Å²) in [4.78, 5) is 0. The number of aromatic hydroxyl groups is 1. The summed E-state index contributed by atoms with van der Waals surface area (Å²) in [6.07, 6.45) is 1.91. The summed E-state index contributed by atoms with van der Waals surface area (Å²) in [5, 5.41) is 9.70. The van der Waals surface area contributed by atoms with Crippen LogP contribution in [0.3, 0.4) is 0 Å². The highest BCUT2D eigenvalue weighted by Gasteiger charge is 2.41. The van der Waals surface area contributed by atoms with Crippen LogP contribution in [-0.2, 0) is 5.54 Å². The lowest BCUT2D eigenvalue weighted by molar-refractivity contribution is 0.473. The van der Waals surface area contributed by atoms with Gasteiger partial charge in [-0.2, -0.15) is 0 Å². The summed E-state index contributed by atoms with van der Waals surface area (Å²) in [5.74, 6) is 0.117. The molecule has 1 aliphatic carbocycles. The zero-order chi connectivity index (χ0) is 8.77. The fourth-order valence-electron chi connectivity index (χ4n) is 1.31. The van der Waals surface area contributed by atoms with Crippen molar-refractivity contribution in [3.63, 3.8) is 0 Å². The molecule has 1 aromatic rings. The van der Waals surface area contributed by atoms with E-state index < -0.39 is 0 Å². The molecule has 0 atom stereocenters. The second-order valence-corrected chi connectivity index (χ2v) is 3.67. The summed E-state index contributed by atoms with van der Waals surface area (Å²) >= 11 is 5.89. The minimum atomic E-state index is -0.268. The second-order valence-electron chi connectivity index (χ2n) is 3.29. The SMILES string of the molecule is NC1(c2cccc(O)c2Cl)CC1. The molecule has 0 aromatic heterocycles. The van der Waals surface area contributed by atoms with Crippen LogP contribution in [0.4, 0.5) is 0 Å². The molecule has 0 heterocycles. The molecule has 2 nitrogen and oxygen atoms in total. The topological polar surface area (TPSA) is 46.2 Å². The van der Waals surface area contributed by atoms with Gasteiger partial charge in [-0.05, 0) is 24.5 Å². The van der Waals surface area contributed by atoms with Crippen LogP contribution < -0.4 is 5.73 Å². The highest BCUT2D eigenvalue weighted by molar-refractivity contribution is 6.32. The van der Waals surface area contributed by atoms with Crippen molar-refractivity contribution >= 4 is 11.6 Å². The van der Waals surface area contributed by atoms with Gasteiger partial charge in [0.05, 0.1) is 5.02 Å². The smallest absolute Gasteiger partial charge is 0.134 e. The molecule has 12 heavy (non-hydrogen) atoms. The number of phenolic OH excluding ortho intramolecular Hbond substituents is 1. The van der Waals surface area contributed by atoms with E-state index in [1.165, 1.54) is 0 Å². The molecule has 64 valence electrons. The first-order valence-electron chi connectivity index (χ1n) is 3.90. The first kappa shape index (κ1) is 7.90. The third-order valence-electron chi connectivity index (χ3n) is 2.30. The van der Waals surface area contributed by atoms with Gasteiger partial charge in [-0.25, -0.2) is 0 Å². The van der Waals surface area contributed by atoms with Crippen LogP contribution in [0, 0.1) is 0 Å². The Balaban J connectivity index is 2.51. The molecule has 0 amide bonds. The molecular formula is C9H10ClNO. The first-order chi connectivity index (χ1) is 5.63. The Morgan fingerprint density at radius 3 is 2.67 bits per heavy atom. The van der Waals surface area contributed by atoms with Gasteiger partial charge in [-0.3, -0.25) is 0 Å². The summed E-state index contributed by atoms with van der Waals surface area (Å²) in [5.41, 5.74) is 6.54. The lowest BCUT2D eigenvalue weighted by Crippen LogP contribution is -2.18. The van der Waals surface area contributed by atoms with Crippen molar-refractivity contribution in [2.45, 2.75) is 18.4 Å². The standard InChI is InChI=1S/C9H10ClNO/c10-8-6(9(11)4-5-9)2-1-3-7(8)12/h1-3,12H,4-5,11H2. The summed E-state index contributed by atoms with van der Waals surface area (Å²) in [7, 11) is 0. The highest BCUT2D eigenvalue weighted by Crippen LogP contribution is 2.47. The van der Waals surface area contributed by atoms with Crippen LogP contribution >= 0.6 is 11.6 Å². The molecule has 3 N–H and O–H groups in total. The Morgan fingerprint density at radius 2 is 2.08 bits per heavy atom. The maximum Gasteiger partial charge on any atom is 0.134 e. The molecule has 2 rings (SSSR count). The van der Waals surface area contributed by atoms with Crippen LogP contribution in [0.25, 0.3) is 0 Å². The Morgan fingerprint density at radius 1 is 1.42 bits per heavy atom. The number of nitrogens with two attached hydrogens (primary N) is 1. The maximum absolute atomic E-state index is 9.30. The number of rotatable bonds is 1. The number of phenols is 1. The maximum atomic E-state index is 9.30. The zero-order valence-corrected chi connectivity index (χ0v) is 7.30. The molecule has 1 aromatic carbocycles. The minimum Gasteiger partial charge on any atom is -0.506 e. The van der Waals surface area contributed by atoms with Crippen LogP contribution in [0.2, 0.25) is 5.02 Å². The van der Waals surface area contributed by atoms with E-state index in [1.54, 1.807) is 12.1 Å². The van der Waals surface area contributed by atoms with Crippen molar-refractivity contribution in [1.82, 2.24) is 0 Å².